The summed E-state index contributed by atoms with van der Waals surface area (Å²) in [6, 6.07) is 8.42. The van der Waals surface area contributed by atoms with Crippen LogP contribution < -0.4 is 0 Å². The van der Waals surface area contributed by atoms with Crippen molar-refractivity contribution in [2.24, 2.45) is 0 Å². The van der Waals surface area contributed by atoms with Gasteiger partial charge in [0.2, 0.25) is 10.0 Å². The Hall–Kier alpha value is -2.03. The molecule has 0 aromatic heterocycles. The molecule has 0 N–H and O–H groups in total. The summed E-state index contributed by atoms with van der Waals surface area (Å²) in [6.07, 6.45) is 0. The van der Waals surface area contributed by atoms with Crippen LogP contribution in [0.4, 0.5) is 8.78 Å². The van der Waals surface area contributed by atoms with Gasteiger partial charge in [-0.2, -0.15) is 4.31 Å². The number of hydrogen-bond donors (Lipinski definition) is 0. The average molecular weight is 401 g/mol. The highest BCUT2D eigenvalue weighted by Gasteiger charge is 2.30. The number of nitrogens with zero attached hydrogens (tertiary/aromatic N) is 2. The van der Waals surface area contributed by atoms with Crippen LogP contribution in [0.1, 0.15) is 10.4 Å². The maximum Gasteiger partial charge on any atom is 0.253 e. The third-order valence-electron chi connectivity index (χ3n) is 4.15. The van der Waals surface area contributed by atoms with Crippen molar-refractivity contribution in [2.45, 2.75) is 4.90 Å². The second-order valence-corrected chi connectivity index (χ2v) is 8.12. The Balaban J connectivity index is 1.70. The highest BCUT2D eigenvalue weighted by molar-refractivity contribution is 7.89. The van der Waals surface area contributed by atoms with Gasteiger partial charge in [-0.15, -0.1) is 0 Å². The number of carbonyl (C=O) groups excluding carboxylic acids is 1. The van der Waals surface area contributed by atoms with E-state index in [0.717, 1.165) is 18.2 Å². The van der Waals surface area contributed by atoms with Gasteiger partial charge in [0, 0.05) is 31.7 Å². The van der Waals surface area contributed by atoms with E-state index in [1.54, 1.807) is 0 Å². The summed E-state index contributed by atoms with van der Waals surface area (Å²) in [5.41, 5.74) is 0.341. The van der Waals surface area contributed by atoms with E-state index in [1.165, 1.54) is 33.5 Å². The standard InChI is InChI=1S/C17H15ClF2N2O3S/c18-15-11-14(5-6-16(15)20)26(24,25)22-9-7-21(8-10-22)17(23)12-1-3-13(19)4-2-12/h1-6,11H,7-10H2. The molecule has 0 radical (unpaired) electrons. The summed E-state index contributed by atoms with van der Waals surface area (Å²) in [5.74, 6) is -1.41. The van der Waals surface area contributed by atoms with Crippen molar-refractivity contribution in [1.29, 1.82) is 0 Å². The number of hydrogen-bond acceptors (Lipinski definition) is 3. The molecule has 0 atom stereocenters. The number of halogens is 3. The Morgan fingerprint density at radius 3 is 2.15 bits per heavy atom. The molecule has 1 aliphatic heterocycles. The van der Waals surface area contributed by atoms with E-state index >= 15 is 0 Å². The number of amides is 1. The zero-order valence-electron chi connectivity index (χ0n) is 13.5. The lowest BCUT2D eigenvalue weighted by Gasteiger charge is -2.34. The molecule has 1 saturated heterocycles. The fourth-order valence-corrected chi connectivity index (χ4v) is 4.39. The van der Waals surface area contributed by atoms with Crippen LogP contribution in [0.15, 0.2) is 47.4 Å². The minimum atomic E-state index is -3.83. The first-order valence-corrected chi connectivity index (χ1v) is 9.61. The number of benzene rings is 2. The normalized spacial score (nSPS) is 15.9. The highest BCUT2D eigenvalue weighted by atomic mass is 35.5. The van der Waals surface area contributed by atoms with Gasteiger partial charge in [0.25, 0.3) is 5.91 Å². The molecule has 9 heteroatoms. The fraction of sp³-hybridized carbons (Fsp3) is 0.235. The van der Waals surface area contributed by atoms with E-state index in [1.807, 2.05) is 0 Å². The first-order valence-electron chi connectivity index (χ1n) is 7.79. The minimum Gasteiger partial charge on any atom is -0.336 e. The number of carbonyl (C=O) groups is 1. The number of piperazine rings is 1. The van der Waals surface area contributed by atoms with Gasteiger partial charge in [0.15, 0.2) is 0 Å². The van der Waals surface area contributed by atoms with Gasteiger partial charge in [-0.05, 0) is 42.5 Å². The second-order valence-electron chi connectivity index (χ2n) is 5.78. The molecule has 1 fully saturated rings. The minimum absolute atomic E-state index is 0.0952. The first kappa shape index (κ1) is 18.8. The Labute approximate surface area is 154 Å². The molecule has 0 bridgehead atoms. The van der Waals surface area contributed by atoms with Crippen LogP contribution in [0.5, 0.6) is 0 Å². The van der Waals surface area contributed by atoms with Gasteiger partial charge >= 0.3 is 0 Å². The quantitative estimate of drug-likeness (QED) is 0.796. The van der Waals surface area contributed by atoms with E-state index in [4.69, 9.17) is 11.6 Å². The topological polar surface area (TPSA) is 57.7 Å². The Kier molecular flexibility index (Phi) is 5.27. The molecule has 1 amide bonds. The number of sulfonamides is 1. The van der Waals surface area contributed by atoms with Crippen molar-refractivity contribution in [3.8, 4) is 0 Å². The second kappa shape index (κ2) is 7.30. The van der Waals surface area contributed by atoms with E-state index in [9.17, 15) is 22.0 Å². The lowest BCUT2D eigenvalue weighted by atomic mass is 10.2. The lowest BCUT2D eigenvalue weighted by molar-refractivity contribution is 0.0698. The molecule has 0 spiro atoms. The molecule has 138 valence electrons. The molecule has 3 rings (SSSR count). The third-order valence-corrected chi connectivity index (χ3v) is 6.33. The molecular formula is C17H15ClF2N2O3S. The van der Waals surface area contributed by atoms with Gasteiger partial charge in [0.1, 0.15) is 11.6 Å². The molecule has 5 nitrogen and oxygen atoms in total. The van der Waals surface area contributed by atoms with Crippen LogP contribution >= 0.6 is 11.6 Å². The van der Waals surface area contributed by atoms with Crippen molar-refractivity contribution in [1.82, 2.24) is 9.21 Å². The zero-order chi connectivity index (χ0) is 18.9. The summed E-state index contributed by atoms with van der Waals surface area (Å²) in [7, 11) is -3.83. The van der Waals surface area contributed by atoms with Crippen molar-refractivity contribution in [3.63, 3.8) is 0 Å². The monoisotopic (exact) mass is 400 g/mol. The van der Waals surface area contributed by atoms with Crippen LogP contribution in [0, 0.1) is 11.6 Å². The van der Waals surface area contributed by atoms with Crippen LogP contribution in [-0.2, 0) is 10.0 Å². The van der Waals surface area contributed by atoms with Crippen LogP contribution in [0.2, 0.25) is 5.02 Å². The van der Waals surface area contributed by atoms with E-state index < -0.39 is 21.7 Å². The highest BCUT2D eigenvalue weighted by Crippen LogP contribution is 2.23. The molecule has 1 heterocycles. The van der Waals surface area contributed by atoms with Crippen LogP contribution in [-0.4, -0.2) is 49.7 Å². The van der Waals surface area contributed by atoms with Crippen molar-refractivity contribution < 1.29 is 22.0 Å². The smallest absolute Gasteiger partial charge is 0.253 e. The van der Waals surface area contributed by atoms with E-state index in [2.05, 4.69) is 0 Å². The fourth-order valence-electron chi connectivity index (χ4n) is 2.69. The van der Waals surface area contributed by atoms with Gasteiger partial charge in [0.05, 0.1) is 9.92 Å². The summed E-state index contributed by atoms with van der Waals surface area (Å²) < 4.78 is 52.7. The van der Waals surface area contributed by atoms with Gasteiger partial charge in [-0.1, -0.05) is 11.6 Å². The van der Waals surface area contributed by atoms with Gasteiger partial charge in [-0.3, -0.25) is 4.79 Å². The summed E-state index contributed by atoms with van der Waals surface area (Å²) >= 11 is 5.66. The molecule has 0 unspecified atom stereocenters. The largest absolute Gasteiger partial charge is 0.336 e. The van der Waals surface area contributed by atoms with Crippen LogP contribution in [0.3, 0.4) is 0 Å². The van der Waals surface area contributed by atoms with Gasteiger partial charge < -0.3 is 4.90 Å². The molecule has 0 aliphatic carbocycles. The van der Waals surface area contributed by atoms with Crippen molar-refractivity contribution >= 4 is 27.5 Å². The van der Waals surface area contributed by atoms with Crippen molar-refractivity contribution in [2.75, 3.05) is 26.2 Å². The van der Waals surface area contributed by atoms with E-state index in [-0.39, 0.29) is 42.0 Å². The lowest BCUT2D eigenvalue weighted by Crippen LogP contribution is -2.50. The summed E-state index contributed by atoms with van der Waals surface area (Å²) in [5, 5.41) is -0.267. The molecular weight excluding hydrogens is 386 g/mol. The molecule has 2 aromatic carbocycles. The predicted octanol–water partition coefficient (Wildman–Crippen LogP) is 2.76. The molecule has 0 saturated carbocycles. The maximum absolute atomic E-state index is 13.2. The SMILES string of the molecule is O=C(c1ccc(F)cc1)N1CCN(S(=O)(=O)c2ccc(F)c(Cl)c2)CC1. The summed E-state index contributed by atoms with van der Waals surface area (Å²) in [4.78, 5) is 13.8. The van der Waals surface area contributed by atoms with Crippen molar-refractivity contribution in [3.05, 3.63) is 64.7 Å². The van der Waals surface area contributed by atoms with Crippen LogP contribution in [0.25, 0.3) is 0 Å². The molecule has 1 aliphatic rings. The molecule has 2 aromatic rings. The van der Waals surface area contributed by atoms with Gasteiger partial charge in [-0.25, -0.2) is 17.2 Å². The molecule has 26 heavy (non-hydrogen) atoms. The Bertz CT molecular complexity index is 928. The Morgan fingerprint density at radius 2 is 1.58 bits per heavy atom. The first-order chi connectivity index (χ1) is 12.3. The average Bonchev–Trinajstić information content (AvgIpc) is 2.64. The maximum atomic E-state index is 13.2. The van der Waals surface area contributed by atoms with E-state index in [0.29, 0.717) is 5.56 Å². The predicted molar refractivity (Wildman–Crippen MR) is 92.5 cm³/mol. The summed E-state index contributed by atoms with van der Waals surface area (Å²) in [6.45, 7) is 0.600. The number of rotatable bonds is 3. The Morgan fingerprint density at radius 1 is 0.962 bits per heavy atom. The third kappa shape index (κ3) is 3.72. The zero-order valence-corrected chi connectivity index (χ0v) is 15.1.